The summed E-state index contributed by atoms with van der Waals surface area (Å²) in [5, 5.41) is 13.1. The predicted octanol–water partition coefficient (Wildman–Crippen LogP) is 2.61. The van der Waals surface area contributed by atoms with Crippen LogP contribution in [-0.2, 0) is 19.6 Å². The number of nitrogens with zero attached hydrogens (tertiary/aromatic N) is 2. The first-order valence-electron chi connectivity index (χ1n) is 9.83. The third kappa shape index (κ3) is 6.49. The molecule has 172 valence electrons. The molecule has 1 aromatic carbocycles. The standard InChI is InChI=1S/C20H27ClFN3O5S/c1-4-18(22)17(11-13(2)31(28,29)25-7-9-30-10-8-25)20(27)24-23-14(3)16-12-15(21)5-6-19(16)26/h5-6,11-13,18,26H,4,7-10H2,1-3H3,(H,24,27)/b17-11+,23-14-. The average Bonchev–Trinajstić information content (AvgIpc) is 2.76. The van der Waals surface area contributed by atoms with Crippen LogP contribution in [0.1, 0.15) is 32.8 Å². The minimum atomic E-state index is -3.77. The molecule has 0 saturated carbocycles. The number of sulfonamides is 1. The molecule has 2 atom stereocenters. The molecular formula is C20H27ClFN3O5S. The zero-order valence-electron chi connectivity index (χ0n) is 17.6. The normalized spacial score (nSPS) is 18.5. The van der Waals surface area contributed by atoms with E-state index in [1.54, 1.807) is 6.92 Å². The van der Waals surface area contributed by atoms with Crippen molar-refractivity contribution < 1.29 is 27.4 Å². The number of benzene rings is 1. The van der Waals surface area contributed by atoms with Crippen LogP contribution in [0.25, 0.3) is 0 Å². The maximum atomic E-state index is 14.5. The van der Waals surface area contributed by atoms with Crippen LogP contribution in [0.3, 0.4) is 0 Å². The summed E-state index contributed by atoms with van der Waals surface area (Å²) in [5.41, 5.74) is 2.46. The SMILES string of the molecule is CCC(F)/C(=C\C(C)S(=O)(=O)N1CCOCC1)C(=O)N/N=C(/C)c1cc(Cl)ccc1O. The number of hydrazone groups is 1. The lowest BCUT2D eigenvalue weighted by molar-refractivity contribution is -0.118. The first kappa shape index (κ1) is 25.3. The number of morpholine rings is 1. The van der Waals surface area contributed by atoms with E-state index in [2.05, 4.69) is 10.5 Å². The van der Waals surface area contributed by atoms with E-state index in [1.165, 1.54) is 36.4 Å². The molecule has 31 heavy (non-hydrogen) atoms. The fourth-order valence-corrected chi connectivity index (χ4v) is 4.59. The molecule has 1 fully saturated rings. The van der Waals surface area contributed by atoms with E-state index in [-0.39, 0.29) is 49.8 Å². The predicted molar refractivity (Wildman–Crippen MR) is 118 cm³/mol. The van der Waals surface area contributed by atoms with Crippen LogP contribution >= 0.6 is 11.6 Å². The number of carbonyl (C=O) groups excluding carboxylic acids is 1. The molecule has 2 unspecified atom stereocenters. The van der Waals surface area contributed by atoms with Gasteiger partial charge in [-0.15, -0.1) is 0 Å². The second-order valence-corrected chi connectivity index (χ2v) is 9.79. The van der Waals surface area contributed by atoms with E-state index >= 15 is 0 Å². The highest BCUT2D eigenvalue weighted by Crippen LogP contribution is 2.22. The van der Waals surface area contributed by atoms with Crippen LogP contribution in [0, 0.1) is 0 Å². The van der Waals surface area contributed by atoms with Gasteiger partial charge < -0.3 is 9.84 Å². The minimum Gasteiger partial charge on any atom is -0.507 e. The fraction of sp³-hybridized carbons (Fsp3) is 0.500. The Morgan fingerprint density at radius 2 is 2.06 bits per heavy atom. The Morgan fingerprint density at radius 1 is 1.42 bits per heavy atom. The summed E-state index contributed by atoms with van der Waals surface area (Å²) in [6, 6.07) is 4.36. The van der Waals surface area contributed by atoms with Crippen LogP contribution in [0.4, 0.5) is 4.39 Å². The van der Waals surface area contributed by atoms with Gasteiger partial charge in [-0.25, -0.2) is 18.2 Å². The molecule has 1 saturated heterocycles. The highest BCUT2D eigenvalue weighted by Gasteiger charge is 2.31. The zero-order valence-corrected chi connectivity index (χ0v) is 19.2. The molecule has 0 bridgehead atoms. The maximum Gasteiger partial charge on any atom is 0.269 e. The third-order valence-corrected chi connectivity index (χ3v) is 7.24. The number of alkyl halides is 1. The molecular weight excluding hydrogens is 449 g/mol. The van der Waals surface area contributed by atoms with E-state index < -0.39 is 27.4 Å². The Balaban J connectivity index is 2.24. The van der Waals surface area contributed by atoms with Crippen LogP contribution in [0.5, 0.6) is 5.75 Å². The Labute approximate surface area is 186 Å². The highest BCUT2D eigenvalue weighted by molar-refractivity contribution is 7.89. The Hall–Kier alpha value is -2.01. The summed E-state index contributed by atoms with van der Waals surface area (Å²) in [7, 11) is -3.77. The first-order chi connectivity index (χ1) is 14.6. The van der Waals surface area contributed by atoms with Gasteiger partial charge in [0.2, 0.25) is 10.0 Å². The number of halogens is 2. The van der Waals surface area contributed by atoms with E-state index in [4.69, 9.17) is 16.3 Å². The second-order valence-electron chi connectivity index (χ2n) is 7.06. The molecule has 2 N–H and O–H groups in total. The van der Waals surface area contributed by atoms with Gasteiger partial charge in [0.05, 0.1) is 24.2 Å². The summed E-state index contributed by atoms with van der Waals surface area (Å²) >= 11 is 5.92. The van der Waals surface area contributed by atoms with Gasteiger partial charge in [-0.2, -0.15) is 9.41 Å². The monoisotopic (exact) mass is 475 g/mol. The van der Waals surface area contributed by atoms with Crippen molar-refractivity contribution in [2.24, 2.45) is 5.10 Å². The van der Waals surface area contributed by atoms with Gasteiger partial charge in [0.1, 0.15) is 11.9 Å². The van der Waals surface area contributed by atoms with Crippen molar-refractivity contribution in [3.8, 4) is 5.75 Å². The molecule has 0 spiro atoms. The summed E-state index contributed by atoms with van der Waals surface area (Å²) in [4.78, 5) is 12.6. The fourth-order valence-electron chi connectivity index (χ4n) is 2.97. The van der Waals surface area contributed by atoms with Crippen molar-refractivity contribution in [3.63, 3.8) is 0 Å². The maximum absolute atomic E-state index is 14.5. The number of hydrogen-bond donors (Lipinski definition) is 2. The number of nitrogens with one attached hydrogen (secondary N) is 1. The summed E-state index contributed by atoms with van der Waals surface area (Å²) < 4.78 is 46.5. The van der Waals surface area contributed by atoms with Gasteiger partial charge in [-0.3, -0.25) is 4.79 Å². The Kier molecular flexibility index (Phi) is 8.99. The lowest BCUT2D eigenvalue weighted by atomic mass is 10.1. The van der Waals surface area contributed by atoms with Gasteiger partial charge in [0.25, 0.3) is 5.91 Å². The number of amides is 1. The summed E-state index contributed by atoms with van der Waals surface area (Å²) in [6.45, 7) is 5.48. The average molecular weight is 476 g/mol. The third-order valence-electron chi connectivity index (χ3n) is 4.85. The molecule has 0 radical (unpaired) electrons. The highest BCUT2D eigenvalue weighted by atomic mass is 35.5. The molecule has 1 aliphatic rings. The van der Waals surface area contributed by atoms with E-state index in [9.17, 15) is 22.7 Å². The Morgan fingerprint density at radius 3 is 2.68 bits per heavy atom. The zero-order chi connectivity index (χ0) is 23.2. The molecule has 2 rings (SSSR count). The second kappa shape index (κ2) is 11.0. The smallest absolute Gasteiger partial charge is 0.269 e. The largest absolute Gasteiger partial charge is 0.507 e. The van der Waals surface area contributed by atoms with Crippen molar-refractivity contribution in [2.45, 2.75) is 38.6 Å². The lowest BCUT2D eigenvalue weighted by Crippen LogP contribution is -2.44. The van der Waals surface area contributed by atoms with Crippen molar-refractivity contribution in [1.82, 2.24) is 9.73 Å². The van der Waals surface area contributed by atoms with E-state index in [0.29, 0.717) is 10.6 Å². The lowest BCUT2D eigenvalue weighted by Gasteiger charge is -2.28. The first-order valence-corrected chi connectivity index (χ1v) is 11.7. The van der Waals surface area contributed by atoms with Crippen molar-refractivity contribution in [2.75, 3.05) is 26.3 Å². The molecule has 11 heteroatoms. The molecule has 1 amide bonds. The molecule has 0 aliphatic carbocycles. The number of rotatable bonds is 8. The van der Waals surface area contributed by atoms with Gasteiger partial charge in [-0.1, -0.05) is 24.6 Å². The quantitative estimate of drug-likeness (QED) is 0.341. The minimum absolute atomic E-state index is 0.0125. The summed E-state index contributed by atoms with van der Waals surface area (Å²) in [6.07, 6.45) is -0.561. The Bertz CT molecular complexity index is 962. The number of phenols is 1. The number of hydrogen-bond acceptors (Lipinski definition) is 6. The van der Waals surface area contributed by atoms with E-state index in [0.717, 1.165) is 6.08 Å². The molecule has 1 aliphatic heterocycles. The van der Waals surface area contributed by atoms with Gasteiger partial charge in [0.15, 0.2) is 0 Å². The van der Waals surface area contributed by atoms with Crippen LogP contribution in [-0.4, -0.2) is 67.2 Å². The van der Waals surface area contributed by atoms with Crippen LogP contribution in [0.15, 0.2) is 34.9 Å². The van der Waals surface area contributed by atoms with Gasteiger partial charge in [-0.05, 0) is 38.5 Å². The van der Waals surface area contributed by atoms with Crippen LogP contribution < -0.4 is 5.43 Å². The van der Waals surface area contributed by atoms with Crippen molar-refractivity contribution in [1.29, 1.82) is 0 Å². The number of phenolic OH excluding ortho intramolecular Hbond substituents is 1. The molecule has 1 aromatic rings. The van der Waals surface area contributed by atoms with Gasteiger partial charge >= 0.3 is 0 Å². The van der Waals surface area contributed by atoms with Crippen molar-refractivity contribution in [3.05, 3.63) is 40.4 Å². The summed E-state index contributed by atoms with van der Waals surface area (Å²) in [5.74, 6) is -0.947. The van der Waals surface area contributed by atoms with Crippen LogP contribution in [0.2, 0.25) is 5.02 Å². The van der Waals surface area contributed by atoms with Crippen molar-refractivity contribution >= 4 is 33.2 Å². The molecule has 1 heterocycles. The topological polar surface area (TPSA) is 108 Å². The number of carbonyl (C=O) groups is 1. The number of ether oxygens (including phenoxy) is 1. The number of aromatic hydroxyl groups is 1. The molecule has 0 aromatic heterocycles. The van der Waals surface area contributed by atoms with Gasteiger partial charge in [0, 0.05) is 29.2 Å². The molecule has 8 nitrogen and oxygen atoms in total. The van der Waals surface area contributed by atoms with E-state index in [1.807, 2.05) is 0 Å².